The van der Waals surface area contributed by atoms with Crippen LogP contribution in [-0.4, -0.2) is 23.8 Å². The summed E-state index contributed by atoms with van der Waals surface area (Å²) in [5.41, 5.74) is 2.89. The van der Waals surface area contributed by atoms with Crippen LogP contribution in [0.2, 0.25) is 0 Å². The van der Waals surface area contributed by atoms with E-state index in [-0.39, 0.29) is 17.6 Å². The molecule has 0 saturated heterocycles. The molecule has 1 aliphatic heterocycles. The van der Waals surface area contributed by atoms with Crippen molar-refractivity contribution in [2.45, 2.75) is 31.3 Å². The van der Waals surface area contributed by atoms with Crippen LogP contribution >= 0.6 is 0 Å². The zero-order valence-electron chi connectivity index (χ0n) is 15.2. The second kappa shape index (κ2) is 5.64. The van der Waals surface area contributed by atoms with E-state index in [0.717, 1.165) is 29.7 Å². The van der Waals surface area contributed by atoms with Crippen molar-refractivity contribution in [3.63, 3.8) is 0 Å². The molecule has 1 unspecified atom stereocenters. The number of carbonyl (C=O) groups is 2. The highest BCUT2D eigenvalue weighted by Gasteiger charge is 2.53. The highest BCUT2D eigenvalue weighted by Crippen LogP contribution is 2.56. The number of fused-ring (bicyclic) bond motifs is 3. The third-order valence-electron chi connectivity index (χ3n) is 6.48. The van der Waals surface area contributed by atoms with Crippen molar-refractivity contribution in [2.24, 2.45) is 5.41 Å². The van der Waals surface area contributed by atoms with Crippen LogP contribution in [0, 0.1) is 5.41 Å². The van der Waals surface area contributed by atoms with Crippen molar-refractivity contribution < 1.29 is 14.7 Å². The number of amides is 1. The maximum atomic E-state index is 13.7. The van der Waals surface area contributed by atoms with Crippen molar-refractivity contribution >= 4 is 23.0 Å². The van der Waals surface area contributed by atoms with E-state index in [2.05, 4.69) is 0 Å². The lowest BCUT2D eigenvalue weighted by Crippen LogP contribution is -2.42. The Morgan fingerprint density at radius 3 is 2.67 bits per heavy atom. The molecule has 1 heterocycles. The number of anilines is 1. The Bertz CT molecular complexity index is 994. The second-order valence-electron chi connectivity index (χ2n) is 7.83. The number of Topliss-reactive ketones (excluding diaryl/α,β-unsaturated/α-hetero) is 1. The normalized spacial score (nSPS) is 27.1. The highest BCUT2D eigenvalue weighted by molar-refractivity contribution is 6.34. The molecule has 0 spiro atoms. The molecule has 3 atom stereocenters. The molecule has 1 saturated carbocycles. The fraction of sp³-hybridized carbons (Fsp3) is 0.304. The largest absolute Gasteiger partial charge is 0.387 e. The topological polar surface area (TPSA) is 57.6 Å². The van der Waals surface area contributed by atoms with E-state index in [4.69, 9.17) is 0 Å². The Labute approximate surface area is 158 Å². The highest BCUT2D eigenvalue weighted by atomic mass is 16.3. The number of ketones is 1. The van der Waals surface area contributed by atoms with Crippen molar-refractivity contribution in [3.05, 3.63) is 71.3 Å². The first-order valence-electron chi connectivity index (χ1n) is 9.46. The van der Waals surface area contributed by atoms with Gasteiger partial charge in [-0.1, -0.05) is 55.0 Å². The molecule has 0 aromatic heterocycles. The van der Waals surface area contributed by atoms with Crippen LogP contribution in [0.1, 0.15) is 48.0 Å². The van der Waals surface area contributed by atoms with Crippen molar-refractivity contribution in [1.82, 2.24) is 0 Å². The predicted molar refractivity (Wildman–Crippen MR) is 103 cm³/mol. The molecule has 4 heteroatoms. The van der Waals surface area contributed by atoms with Crippen LogP contribution in [-0.2, 0) is 9.59 Å². The summed E-state index contributed by atoms with van der Waals surface area (Å²) in [5.74, 6) is -0.339. The zero-order chi connectivity index (χ0) is 18.8. The standard InChI is InChI=1S/C23H21NO3/c1-24-18-11-5-9-15-16-10-6-12-23(21(16)26,13-17(19(15)18)22(24)27)20(25)14-7-3-2-4-8-14/h2-5,7-9,11,13,16,20,25H,6,10,12H2,1H3/t16-,20?,23+/m0/s1. The van der Waals surface area contributed by atoms with Crippen LogP contribution in [0.15, 0.2) is 54.6 Å². The lowest BCUT2D eigenvalue weighted by molar-refractivity contribution is -0.136. The molecule has 2 aliphatic carbocycles. The molecule has 136 valence electrons. The van der Waals surface area contributed by atoms with Gasteiger partial charge >= 0.3 is 0 Å². The van der Waals surface area contributed by atoms with Crippen LogP contribution < -0.4 is 4.90 Å². The number of hydrogen-bond acceptors (Lipinski definition) is 3. The van der Waals surface area contributed by atoms with Gasteiger partial charge in [-0.15, -0.1) is 0 Å². The van der Waals surface area contributed by atoms with E-state index in [9.17, 15) is 14.7 Å². The van der Waals surface area contributed by atoms with Gasteiger partial charge in [-0.25, -0.2) is 0 Å². The summed E-state index contributed by atoms with van der Waals surface area (Å²) in [6.07, 6.45) is 3.00. The van der Waals surface area contributed by atoms with E-state index in [1.165, 1.54) is 0 Å². The third-order valence-corrected chi connectivity index (χ3v) is 6.48. The number of likely N-dealkylation sites (N-methyl/N-ethyl adjacent to an activating group) is 1. The van der Waals surface area contributed by atoms with Crippen molar-refractivity contribution in [3.8, 4) is 0 Å². The summed E-state index contributed by atoms with van der Waals surface area (Å²) < 4.78 is 0. The third kappa shape index (κ3) is 2.07. The quantitative estimate of drug-likeness (QED) is 0.891. The number of aliphatic hydroxyl groups is 1. The fourth-order valence-corrected chi connectivity index (χ4v) is 5.11. The van der Waals surface area contributed by atoms with Gasteiger partial charge in [-0.3, -0.25) is 9.59 Å². The summed E-state index contributed by atoms with van der Waals surface area (Å²) in [5, 5.41) is 11.3. The van der Waals surface area contributed by atoms with Crippen molar-refractivity contribution in [1.29, 1.82) is 0 Å². The number of carbonyl (C=O) groups excluding carboxylic acids is 2. The minimum absolute atomic E-state index is 0.0378. The van der Waals surface area contributed by atoms with Crippen molar-refractivity contribution in [2.75, 3.05) is 11.9 Å². The first kappa shape index (κ1) is 16.5. The van der Waals surface area contributed by atoms with E-state index in [1.54, 1.807) is 18.0 Å². The van der Waals surface area contributed by atoms with Gasteiger partial charge in [0.05, 0.1) is 17.2 Å². The summed E-state index contributed by atoms with van der Waals surface area (Å²) in [6, 6.07) is 15.1. The molecule has 1 N–H and O–H groups in total. The molecule has 1 amide bonds. The average Bonchev–Trinajstić information content (AvgIpc) is 2.93. The Morgan fingerprint density at radius 2 is 1.89 bits per heavy atom. The van der Waals surface area contributed by atoms with E-state index in [1.807, 2.05) is 48.5 Å². The Hall–Kier alpha value is -2.72. The minimum Gasteiger partial charge on any atom is -0.387 e. The van der Waals surface area contributed by atoms with Crippen LogP contribution in [0.4, 0.5) is 5.69 Å². The Morgan fingerprint density at radius 1 is 1.11 bits per heavy atom. The van der Waals surface area contributed by atoms with Gasteiger partial charge in [0.15, 0.2) is 5.78 Å². The lowest BCUT2D eigenvalue weighted by atomic mass is 9.63. The number of nitrogens with zero attached hydrogens (tertiary/aromatic N) is 1. The first-order chi connectivity index (χ1) is 13.0. The molecule has 3 aliphatic rings. The van der Waals surface area contributed by atoms with E-state index >= 15 is 0 Å². The fourth-order valence-electron chi connectivity index (χ4n) is 5.11. The summed E-state index contributed by atoms with van der Waals surface area (Å²) in [4.78, 5) is 28.3. The average molecular weight is 359 g/mol. The summed E-state index contributed by atoms with van der Waals surface area (Å²) in [7, 11) is 1.77. The van der Waals surface area contributed by atoms with Gasteiger partial charge in [0, 0.05) is 24.1 Å². The molecule has 1 fully saturated rings. The molecule has 0 radical (unpaired) electrons. The molecule has 2 aromatic rings. The molecule has 27 heavy (non-hydrogen) atoms. The monoisotopic (exact) mass is 359 g/mol. The molecular formula is C23H21NO3. The second-order valence-corrected chi connectivity index (χ2v) is 7.83. The smallest absolute Gasteiger partial charge is 0.258 e. The number of aliphatic hydroxyl groups excluding tert-OH is 1. The molecule has 2 bridgehead atoms. The molecule has 2 aromatic carbocycles. The van der Waals surface area contributed by atoms with Gasteiger partial charge in [0.25, 0.3) is 5.91 Å². The summed E-state index contributed by atoms with van der Waals surface area (Å²) in [6.45, 7) is 0. The van der Waals surface area contributed by atoms with Crippen LogP contribution in [0.5, 0.6) is 0 Å². The van der Waals surface area contributed by atoms with E-state index in [0.29, 0.717) is 17.6 Å². The molecule has 5 rings (SSSR count). The first-order valence-corrected chi connectivity index (χ1v) is 9.46. The zero-order valence-corrected chi connectivity index (χ0v) is 15.2. The minimum atomic E-state index is -1.06. The summed E-state index contributed by atoms with van der Waals surface area (Å²) >= 11 is 0. The maximum absolute atomic E-state index is 13.7. The van der Waals surface area contributed by atoms with Crippen LogP contribution in [0.25, 0.3) is 5.57 Å². The van der Waals surface area contributed by atoms with Gasteiger partial charge < -0.3 is 10.0 Å². The maximum Gasteiger partial charge on any atom is 0.258 e. The predicted octanol–water partition coefficient (Wildman–Crippen LogP) is 3.62. The number of hydrogen-bond donors (Lipinski definition) is 1. The number of benzene rings is 2. The van der Waals surface area contributed by atoms with Gasteiger partial charge in [-0.05, 0) is 30.0 Å². The van der Waals surface area contributed by atoms with Gasteiger partial charge in [-0.2, -0.15) is 0 Å². The Balaban J connectivity index is 1.78. The molecular weight excluding hydrogens is 338 g/mol. The molecule has 4 nitrogen and oxygen atoms in total. The SMILES string of the molecule is CN1C(=O)C2=C[C@@]3(C(O)c4ccccc4)CCC[C@H](C3=O)c3cccc1c32. The van der Waals surface area contributed by atoms with E-state index < -0.39 is 11.5 Å². The number of rotatable bonds is 2. The van der Waals surface area contributed by atoms with Crippen LogP contribution in [0.3, 0.4) is 0 Å². The van der Waals surface area contributed by atoms with Gasteiger partial charge in [0.1, 0.15) is 0 Å². The Kier molecular flexibility index (Phi) is 3.43. The lowest BCUT2D eigenvalue weighted by Gasteiger charge is -2.40. The van der Waals surface area contributed by atoms with Gasteiger partial charge in [0.2, 0.25) is 0 Å².